The summed E-state index contributed by atoms with van der Waals surface area (Å²) in [6.45, 7) is 2.71. The summed E-state index contributed by atoms with van der Waals surface area (Å²) in [7, 11) is -0.547. The van der Waals surface area contributed by atoms with Crippen molar-refractivity contribution in [3.8, 4) is 11.5 Å². The number of hydrogen-bond donors (Lipinski definition) is 0. The molecule has 1 heterocycles. The molecule has 0 aromatic heterocycles. The Morgan fingerprint density at radius 1 is 1.03 bits per heavy atom. The molecule has 0 unspecified atom stereocenters. The third kappa shape index (κ3) is 5.35. The second-order valence-corrected chi connectivity index (χ2v) is 9.52. The van der Waals surface area contributed by atoms with Crippen molar-refractivity contribution in [3.05, 3.63) is 57.6 Å². The van der Waals surface area contributed by atoms with Crippen LogP contribution in [0.15, 0.2) is 41.3 Å². The molecule has 1 amide bonds. The van der Waals surface area contributed by atoms with E-state index in [9.17, 15) is 23.3 Å². The average molecular weight is 464 g/mol. The number of non-ortho nitro benzene ring substituents is 1. The molecule has 1 aliphatic heterocycles. The van der Waals surface area contributed by atoms with Crippen molar-refractivity contribution < 1.29 is 27.6 Å². The van der Waals surface area contributed by atoms with Crippen LogP contribution in [0.25, 0.3) is 0 Å². The van der Waals surface area contributed by atoms with Gasteiger partial charge in [-0.05, 0) is 23.8 Å². The van der Waals surface area contributed by atoms with E-state index in [4.69, 9.17) is 9.47 Å². The lowest BCUT2D eigenvalue weighted by Crippen LogP contribution is -2.48. The van der Waals surface area contributed by atoms with Crippen molar-refractivity contribution >= 4 is 21.4 Å². The van der Waals surface area contributed by atoms with Crippen LogP contribution in [0.2, 0.25) is 0 Å². The third-order valence-electron chi connectivity index (χ3n) is 5.29. The van der Waals surface area contributed by atoms with Crippen LogP contribution in [0.1, 0.15) is 15.9 Å². The van der Waals surface area contributed by atoms with E-state index in [1.54, 1.807) is 19.1 Å². The zero-order chi connectivity index (χ0) is 23.5. The molecule has 0 aliphatic carbocycles. The van der Waals surface area contributed by atoms with Crippen LogP contribution in [0, 0.1) is 10.1 Å². The molecule has 11 heteroatoms. The van der Waals surface area contributed by atoms with E-state index in [1.807, 2.05) is 18.2 Å². The number of ether oxygens (including phenoxy) is 2. The second-order valence-electron chi connectivity index (χ2n) is 7.50. The van der Waals surface area contributed by atoms with Gasteiger partial charge >= 0.3 is 0 Å². The quantitative estimate of drug-likeness (QED) is 0.452. The first-order valence-corrected chi connectivity index (χ1v) is 11.7. The summed E-state index contributed by atoms with van der Waals surface area (Å²) in [6, 6.07) is 8.98. The van der Waals surface area contributed by atoms with Crippen LogP contribution >= 0.6 is 0 Å². The molecule has 2 aromatic rings. The summed E-state index contributed by atoms with van der Waals surface area (Å²) in [4.78, 5) is 26.9. The van der Waals surface area contributed by atoms with Crippen LogP contribution in [0.4, 0.5) is 5.69 Å². The summed E-state index contributed by atoms with van der Waals surface area (Å²) < 4.78 is 34.4. The summed E-state index contributed by atoms with van der Waals surface area (Å²) in [5, 5.41) is 11.2. The van der Waals surface area contributed by atoms with Crippen LogP contribution in [0.3, 0.4) is 0 Å². The highest BCUT2D eigenvalue weighted by atomic mass is 32.2. The summed E-state index contributed by atoms with van der Waals surface area (Å²) >= 11 is 0. The Morgan fingerprint density at radius 2 is 1.69 bits per heavy atom. The minimum absolute atomic E-state index is 0.00651. The summed E-state index contributed by atoms with van der Waals surface area (Å²) in [5.74, 6) is 0.868. The number of nitrogens with zero attached hydrogens (tertiary/aromatic N) is 3. The van der Waals surface area contributed by atoms with Gasteiger partial charge in [-0.25, -0.2) is 8.42 Å². The molecule has 0 radical (unpaired) electrons. The number of methoxy groups -OCH3 is 2. The fourth-order valence-electron chi connectivity index (χ4n) is 3.56. The van der Waals surface area contributed by atoms with Crippen LogP contribution in [-0.2, 0) is 16.4 Å². The summed E-state index contributed by atoms with van der Waals surface area (Å²) in [6.07, 6.45) is 0.952. The van der Waals surface area contributed by atoms with Gasteiger partial charge in [-0.3, -0.25) is 19.8 Å². The minimum Gasteiger partial charge on any atom is -0.493 e. The number of nitro groups is 1. The normalized spacial score (nSPS) is 14.8. The number of carbonyl (C=O) groups excluding carboxylic acids is 1. The molecule has 0 atom stereocenters. The van der Waals surface area contributed by atoms with Gasteiger partial charge in [-0.15, -0.1) is 0 Å². The Hall–Kier alpha value is -3.18. The average Bonchev–Trinajstić information content (AvgIpc) is 2.78. The van der Waals surface area contributed by atoms with Crippen molar-refractivity contribution in [2.24, 2.45) is 0 Å². The predicted octanol–water partition coefficient (Wildman–Crippen LogP) is 1.97. The summed E-state index contributed by atoms with van der Waals surface area (Å²) in [5.41, 5.74) is 0.607. The number of amides is 1. The van der Waals surface area contributed by atoms with Crippen molar-refractivity contribution in [1.82, 2.24) is 9.80 Å². The Kier molecular flexibility index (Phi) is 6.99. The van der Waals surface area contributed by atoms with Crippen LogP contribution in [0.5, 0.6) is 11.5 Å². The molecular weight excluding hydrogens is 438 g/mol. The minimum atomic E-state index is -3.70. The number of carbonyl (C=O) groups is 1. The number of benzene rings is 2. The molecule has 1 saturated heterocycles. The Bertz CT molecular complexity index is 1130. The highest BCUT2D eigenvalue weighted by Crippen LogP contribution is 2.28. The number of piperazine rings is 1. The molecule has 3 rings (SSSR count). The highest BCUT2D eigenvalue weighted by Gasteiger charge is 2.25. The van der Waals surface area contributed by atoms with Crippen LogP contribution in [-0.4, -0.2) is 75.7 Å². The lowest BCUT2D eigenvalue weighted by Gasteiger charge is -2.35. The van der Waals surface area contributed by atoms with Gasteiger partial charge in [0, 0.05) is 56.7 Å². The van der Waals surface area contributed by atoms with Gasteiger partial charge in [0.1, 0.15) is 0 Å². The lowest BCUT2D eigenvalue weighted by molar-refractivity contribution is -0.385. The molecular formula is C21H25N3O7S. The smallest absolute Gasteiger partial charge is 0.271 e. The molecule has 172 valence electrons. The molecule has 0 N–H and O–H groups in total. The Balaban J connectivity index is 1.69. The molecule has 1 fully saturated rings. The lowest BCUT2D eigenvalue weighted by atomic mass is 10.1. The molecule has 0 bridgehead atoms. The first-order chi connectivity index (χ1) is 15.1. The number of rotatable bonds is 7. The van der Waals surface area contributed by atoms with Gasteiger partial charge in [0.05, 0.1) is 24.0 Å². The van der Waals surface area contributed by atoms with Gasteiger partial charge in [0.2, 0.25) is 0 Å². The number of nitro benzene ring substituents is 1. The van der Waals surface area contributed by atoms with Crippen molar-refractivity contribution in [2.75, 3.05) is 46.7 Å². The van der Waals surface area contributed by atoms with Gasteiger partial charge in [-0.2, -0.15) is 0 Å². The maximum atomic E-state index is 12.9. The van der Waals surface area contributed by atoms with E-state index >= 15 is 0 Å². The van der Waals surface area contributed by atoms with E-state index in [0.717, 1.165) is 24.0 Å². The largest absolute Gasteiger partial charge is 0.493 e. The molecule has 0 saturated carbocycles. The Morgan fingerprint density at radius 3 is 2.25 bits per heavy atom. The molecule has 2 aromatic carbocycles. The highest BCUT2D eigenvalue weighted by molar-refractivity contribution is 7.90. The van der Waals surface area contributed by atoms with E-state index in [2.05, 4.69) is 4.90 Å². The third-order valence-corrected chi connectivity index (χ3v) is 6.38. The van der Waals surface area contributed by atoms with E-state index in [1.165, 1.54) is 6.07 Å². The van der Waals surface area contributed by atoms with Gasteiger partial charge in [0.15, 0.2) is 21.3 Å². The van der Waals surface area contributed by atoms with E-state index < -0.39 is 26.4 Å². The fourth-order valence-corrected chi connectivity index (χ4v) is 4.23. The standard InChI is InChI=1S/C21H25N3O7S/c1-30-19-5-4-15(10-20(19)31-2)14-22-6-8-23(9-7-22)21(25)16-11-17(24(26)27)13-18(12-16)32(3,28)29/h4-5,10-13H,6-9,14H2,1-3H3. The van der Waals surface area contributed by atoms with E-state index in [-0.39, 0.29) is 10.5 Å². The van der Waals surface area contributed by atoms with Crippen molar-refractivity contribution in [2.45, 2.75) is 11.4 Å². The van der Waals surface area contributed by atoms with Crippen molar-refractivity contribution in [1.29, 1.82) is 0 Å². The van der Waals surface area contributed by atoms with Gasteiger partial charge in [-0.1, -0.05) is 6.07 Å². The topological polar surface area (TPSA) is 119 Å². The van der Waals surface area contributed by atoms with Crippen LogP contribution < -0.4 is 9.47 Å². The number of hydrogen-bond acceptors (Lipinski definition) is 8. The predicted molar refractivity (Wildman–Crippen MR) is 117 cm³/mol. The molecule has 1 aliphatic rings. The number of sulfone groups is 1. The first kappa shape index (κ1) is 23.5. The second kappa shape index (κ2) is 9.53. The zero-order valence-corrected chi connectivity index (χ0v) is 18.9. The van der Waals surface area contributed by atoms with Crippen molar-refractivity contribution in [3.63, 3.8) is 0 Å². The maximum absolute atomic E-state index is 12.9. The van der Waals surface area contributed by atoms with Gasteiger partial charge < -0.3 is 14.4 Å². The monoisotopic (exact) mass is 463 g/mol. The molecule has 32 heavy (non-hydrogen) atoms. The zero-order valence-electron chi connectivity index (χ0n) is 18.1. The SMILES string of the molecule is COc1ccc(CN2CCN(C(=O)c3cc([N+](=O)[O-])cc(S(C)(=O)=O)c3)CC2)cc1OC. The maximum Gasteiger partial charge on any atom is 0.271 e. The molecule has 10 nitrogen and oxygen atoms in total. The van der Waals surface area contributed by atoms with Gasteiger partial charge in [0.25, 0.3) is 11.6 Å². The Labute approximate surface area is 186 Å². The fraction of sp³-hybridized carbons (Fsp3) is 0.381. The van der Waals surface area contributed by atoms with E-state index in [0.29, 0.717) is 44.2 Å². The molecule has 0 spiro atoms. The first-order valence-electron chi connectivity index (χ1n) is 9.84.